The molecule has 4 heteroatoms. The van der Waals surface area contributed by atoms with Crippen molar-refractivity contribution in [3.63, 3.8) is 0 Å². The van der Waals surface area contributed by atoms with Gasteiger partial charge in [-0.2, -0.15) is 0 Å². The number of carboxylic acids is 1. The van der Waals surface area contributed by atoms with Crippen molar-refractivity contribution in [3.8, 4) is 0 Å². The largest absolute Gasteiger partial charge is 0.478 e. The number of carbonyl (C=O) groups is 2. The molecule has 1 rings (SSSR count). The molecule has 0 bridgehead atoms. The van der Waals surface area contributed by atoms with Gasteiger partial charge in [0.25, 0.3) is 0 Å². The second-order valence-corrected chi connectivity index (χ2v) is 4.29. The molecule has 0 saturated carbocycles. The van der Waals surface area contributed by atoms with Crippen LogP contribution in [0, 0.1) is 6.92 Å². The number of carbonyl (C=O) groups excluding carboxylic acids is 1. The molecule has 0 aromatic heterocycles. The highest BCUT2D eigenvalue weighted by Crippen LogP contribution is 2.23. The summed E-state index contributed by atoms with van der Waals surface area (Å²) in [5.74, 6) is -0.482. The van der Waals surface area contributed by atoms with Gasteiger partial charge in [0.1, 0.15) is 5.78 Å². The molecule has 3 nitrogen and oxygen atoms in total. The van der Waals surface area contributed by atoms with Crippen LogP contribution in [0.25, 0.3) is 0 Å². The summed E-state index contributed by atoms with van der Waals surface area (Å²) in [6.07, 6.45) is 0. The molecule has 80 valence electrons. The van der Waals surface area contributed by atoms with Crippen molar-refractivity contribution in [3.05, 3.63) is 29.3 Å². The van der Waals surface area contributed by atoms with Crippen molar-refractivity contribution in [1.29, 1.82) is 0 Å². The second-order valence-electron chi connectivity index (χ2n) is 3.28. The molecule has 0 unspecified atom stereocenters. The number of Topliss-reactive ketones (excluding diaryl/α,β-unsaturated/α-hetero) is 1. The molecule has 0 heterocycles. The van der Waals surface area contributed by atoms with Gasteiger partial charge in [0, 0.05) is 4.90 Å². The lowest BCUT2D eigenvalue weighted by atomic mass is 10.1. The van der Waals surface area contributed by atoms with Gasteiger partial charge in [-0.25, -0.2) is 4.79 Å². The van der Waals surface area contributed by atoms with Gasteiger partial charge in [0.2, 0.25) is 0 Å². The molecular formula is C11H12O3S. The third-order valence-corrected chi connectivity index (χ3v) is 3.17. The molecule has 1 N–H and O–H groups in total. The van der Waals surface area contributed by atoms with Crippen molar-refractivity contribution in [2.45, 2.75) is 18.7 Å². The lowest BCUT2D eigenvalue weighted by molar-refractivity contribution is -0.114. The predicted octanol–water partition coefficient (Wildman–Crippen LogP) is 2.37. The van der Waals surface area contributed by atoms with E-state index in [4.69, 9.17) is 5.11 Å². The molecule has 0 aliphatic heterocycles. The van der Waals surface area contributed by atoms with Crippen LogP contribution in [0.2, 0.25) is 0 Å². The minimum atomic E-state index is -0.945. The normalized spacial score (nSPS) is 10.0. The lowest BCUT2D eigenvalue weighted by Crippen LogP contribution is -1.98. The number of thioether (sulfide) groups is 1. The summed E-state index contributed by atoms with van der Waals surface area (Å²) in [6.45, 7) is 3.41. The van der Waals surface area contributed by atoms with Crippen LogP contribution in [0.1, 0.15) is 22.8 Å². The van der Waals surface area contributed by atoms with Crippen molar-refractivity contribution >= 4 is 23.5 Å². The van der Waals surface area contributed by atoms with E-state index in [1.54, 1.807) is 18.2 Å². The summed E-state index contributed by atoms with van der Waals surface area (Å²) in [7, 11) is 0. The predicted molar refractivity (Wildman–Crippen MR) is 59.5 cm³/mol. The molecule has 0 atom stereocenters. The fourth-order valence-corrected chi connectivity index (χ4v) is 1.93. The quantitative estimate of drug-likeness (QED) is 0.798. The maximum absolute atomic E-state index is 10.8. The van der Waals surface area contributed by atoms with E-state index in [1.165, 1.54) is 18.7 Å². The summed E-state index contributed by atoms with van der Waals surface area (Å²) in [6, 6.07) is 4.92. The number of hydrogen-bond acceptors (Lipinski definition) is 3. The van der Waals surface area contributed by atoms with Gasteiger partial charge in [-0.05, 0) is 31.5 Å². The third kappa shape index (κ3) is 3.40. The maximum Gasteiger partial charge on any atom is 0.335 e. The molecule has 0 saturated heterocycles. The first-order valence-electron chi connectivity index (χ1n) is 4.47. The van der Waals surface area contributed by atoms with Crippen LogP contribution in [0.5, 0.6) is 0 Å². The van der Waals surface area contributed by atoms with Gasteiger partial charge in [-0.1, -0.05) is 6.07 Å². The molecule has 1 aromatic rings. The number of hydrogen-bond donors (Lipinski definition) is 1. The molecule has 0 radical (unpaired) electrons. The number of carboxylic acid groups (broad SMARTS) is 1. The first-order valence-corrected chi connectivity index (χ1v) is 5.45. The average molecular weight is 224 g/mol. The third-order valence-electron chi connectivity index (χ3n) is 1.87. The number of rotatable bonds is 4. The Balaban J connectivity index is 2.90. The van der Waals surface area contributed by atoms with Crippen LogP contribution in [0.15, 0.2) is 23.1 Å². The standard InChI is InChI=1S/C11H12O3S/c1-7-3-4-9(11(13)14)5-10(7)15-6-8(2)12/h3-5H,6H2,1-2H3,(H,13,14). The molecular weight excluding hydrogens is 212 g/mol. The average Bonchev–Trinajstić information content (AvgIpc) is 2.16. The zero-order valence-corrected chi connectivity index (χ0v) is 9.43. The highest BCUT2D eigenvalue weighted by atomic mass is 32.2. The van der Waals surface area contributed by atoms with Crippen molar-refractivity contribution in [2.24, 2.45) is 0 Å². The van der Waals surface area contributed by atoms with Gasteiger partial charge < -0.3 is 5.11 Å². The Morgan fingerprint density at radius 3 is 2.60 bits per heavy atom. The fourth-order valence-electron chi connectivity index (χ4n) is 1.07. The highest BCUT2D eigenvalue weighted by Gasteiger charge is 2.07. The molecule has 0 spiro atoms. The SMILES string of the molecule is CC(=O)CSc1cc(C(=O)O)ccc1C. The van der Waals surface area contributed by atoms with Crippen LogP contribution in [0.4, 0.5) is 0 Å². The van der Waals surface area contributed by atoms with Crippen LogP contribution >= 0.6 is 11.8 Å². The fraction of sp³-hybridized carbons (Fsp3) is 0.273. The Hall–Kier alpha value is -1.29. The van der Waals surface area contributed by atoms with Crippen LogP contribution in [-0.2, 0) is 4.79 Å². The molecule has 0 amide bonds. The van der Waals surface area contributed by atoms with E-state index < -0.39 is 5.97 Å². The van der Waals surface area contributed by atoms with Crippen molar-refractivity contribution in [2.75, 3.05) is 5.75 Å². The molecule has 1 aromatic carbocycles. The van der Waals surface area contributed by atoms with Crippen molar-refractivity contribution in [1.82, 2.24) is 0 Å². The number of aromatic carboxylic acids is 1. The molecule has 0 fully saturated rings. The number of benzene rings is 1. The van der Waals surface area contributed by atoms with Crippen LogP contribution in [-0.4, -0.2) is 22.6 Å². The van der Waals surface area contributed by atoms with E-state index in [1.807, 2.05) is 6.92 Å². The Morgan fingerprint density at radius 1 is 1.40 bits per heavy atom. The first kappa shape index (κ1) is 11.8. The summed E-state index contributed by atoms with van der Waals surface area (Å²) in [4.78, 5) is 22.4. The number of aryl methyl sites for hydroxylation is 1. The maximum atomic E-state index is 10.8. The van der Waals surface area contributed by atoms with E-state index >= 15 is 0 Å². The van der Waals surface area contributed by atoms with E-state index in [9.17, 15) is 9.59 Å². The number of ketones is 1. The Labute approximate surface area is 92.5 Å². The van der Waals surface area contributed by atoms with Gasteiger partial charge in [0.05, 0.1) is 11.3 Å². The lowest BCUT2D eigenvalue weighted by Gasteiger charge is -2.05. The summed E-state index contributed by atoms with van der Waals surface area (Å²) >= 11 is 1.37. The van der Waals surface area contributed by atoms with Crippen molar-refractivity contribution < 1.29 is 14.7 Å². The Bertz CT molecular complexity index is 399. The minimum absolute atomic E-state index is 0.0835. The van der Waals surface area contributed by atoms with E-state index in [-0.39, 0.29) is 11.3 Å². The Kier molecular flexibility index (Phi) is 3.91. The molecule has 15 heavy (non-hydrogen) atoms. The molecule has 0 aliphatic rings. The van der Waals surface area contributed by atoms with Gasteiger partial charge >= 0.3 is 5.97 Å². The van der Waals surface area contributed by atoms with E-state index in [0.29, 0.717) is 5.75 Å². The van der Waals surface area contributed by atoms with Gasteiger partial charge in [-0.15, -0.1) is 11.8 Å². The Morgan fingerprint density at radius 2 is 2.07 bits per heavy atom. The summed E-state index contributed by atoms with van der Waals surface area (Å²) in [5.41, 5.74) is 1.25. The van der Waals surface area contributed by atoms with Gasteiger partial charge in [0.15, 0.2) is 0 Å². The first-order chi connectivity index (χ1) is 7.00. The van der Waals surface area contributed by atoms with E-state index in [2.05, 4.69) is 0 Å². The minimum Gasteiger partial charge on any atom is -0.478 e. The summed E-state index contributed by atoms with van der Waals surface area (Å²) in [5, 5.41) is 8.80. The van der Waals surface area contributed by atoms with Gasteiger partial charge in [-0.3, -0.25) is 4.79 Å². The summed E-state index contributed by atoms with van der Waals surface area (Å²) < 4.78 is 0. The van der Waals surface area contributed by atoms with E-state index in [0.717, 1.165) is 10.5 Å². The highest BCUT2D eigenvalue weighted by molar-refractivity contribution is 8.00. The molecule has 0 aliphatic carbocycles. The second kappa shape index (κ2) is 4.98. The smallest absolute Gasteiger partial charge is 0.335 e. The zero-order chi connectivity index (χ0) is 11.4. The monoisotopic (exact) mass is 224 g/mol. The van der Waals surface area contributed by atoms with Crippen LogP contribution < -0.4 is 0 Å². The van der Waals surface area contributed by atoms with Crippen LogP contribution in [0.3, 0.4) is 0 Å². The topological polar surface area (TPSA) is 54.4 Å². The zero-order valence-electron chi connectivity index (χ0n) is 8.61.